The molecule has 0 saturated carbocycles. The van der Waals surface area contributed by atoms with Gasteiger partial charge < -0.3 is 9.80 Å². The zero-order valence-corrected chi connectivity index (χ0v) is 14.9. The van der Waals surface area contributed by atoms with E-state index in [0.717, 1.165) is 61.7 Å². The highest BCUT2D eigenvalue weighted by molar-refractivity contribution is 5.87. The summed E-state index contributed by atoms with van der Waals surface area (Å²) >= 11 is 0. The summed E-state index contributed by atoms with van der Waals surface area (Å²) in [6, 6.07) is 0.591. The second kappa shape index (κ2) is 6.29. The van der Waals surface area contributed by atoms with Crippen molar-refractivity contribution in [3.05, 3.63) is 12.0 Å². The minimum absolute atomic E-state index is 0.591. The predicted octanol–water partition coefficient (Wildman–Crippen LogP) is 0.752. The van der Waals surface area contributed by atoms with Crippen molar-refractivity contribution in [3.8, 4) is 0 Å². The molecule has 2 saturated heterocycles. The predicted molar refractivity (Wildman–Crippen MR) is 95.4 cm³/mol. The standard InChI is InChI=1S/C17H27N7/c1-4-5-15-19-16-14(10-18-22(16)3)17(20-15)24-9-8-23-7-6-21(2)11-13(23)12-24/h10,13H,4-9,11-12H2,1-3H3/t13-/m1/s1. The van der Waals surface area contributed by atoms with Gasteiger partial charge in [-0.2, -0.15) is 5.10 Å². The highest BCUT2D eigenvalue weighted by Gasteiger charge is 2.32. The minimum Gasteiger partial charge on any atom is -0.353 e. The molecule has 0 spiro atoms. The Labute approximate surface area is 143 Å². The first-order valence-corrected chi connectivity index (χ1v) is 9.02. The molecule has 130 valence electrons. The lowest BCUT2D eigenvalue weighted by molar-refractivity contribution is 0.0805. The van der Waals surface area contributed by atoms with Crippen molar-refractivity contribution in [3.63, 3.8) is 0 Å². The van der Waals surface area contributed by atoms with Gasteiger partial charge in [0.25, 0.3) is 0 Å². The van der Waals surface area contributed by atoms with Gasteiger partial charge in [-0.15, -0.1) is 0 Å². The van der Waals surface area contributed by atoms with E-state index < -0.39 is 0 Å². The van der Waals surface area contributed by atoms with E-state index >= 15 is 0 Å². The summed E-state index contributed by atoms with van der Waals surface area (Å²) in [4.78, 5) is 17.1. The molecule has 2 aliphatic heterocycles. The average molecular weight is 329 g/mol. The number of rotatable bonds is 3. The summed E-state index contributed by atoms with van der Waals surface area (Å²) in [5, 5.41) is 5.49. The molecule has 0 N–H and O–H groups in total. The zero-order chi connectivity index (χ0) is 16.7. The molecule has 4 heterocycles. The van der Waals surface area contributed by atoms with Crippen LogP contribution in [0.1, 0.15) is 19.2 Å². The van der Waals surface area contributed by atoms with Crippen LogP contribution in [0.2, 0.25) is 0 Å². The molecular formula is C17H27N7. The Morgan fingerprint density at radius 3 is 2.75 bits per heavy atom. The molecule has 0 aliphatic carbocycles. The number of likely N-dealkylation sites (N-methyl/N-ethyl adjacent to an activating group) is 1. The fourth-order valence-corrected chi connectivity index (χ4v) is 3.93. The van der Waals surface area contributed by atoms with E-state index in [4.69, 9.17) is 9.97 Å². The Kier molecular flexibility index (Phi) is 4.14. The van der Waals surface area contributed by atoms with Crippen molar-refractivity contribution in [1.29, 1.82) is 0 Å². The highest BCUT2D eigenvalue weighted by Crippen LogP contribution is 2.27. The first-order valence-electron chi connectivity index (χ1n) is 9.02. The zero-order valence-electron chi connectivity index (χ0n) is 14.9. The molecule has 2 aromatic rings. The number of hydrogen-bond acceptors (Lipinski definition) is 6. The number of fused-ring (bicyclic) bond motifs is 2. The third-order valence-corrected chi connectivity index (χ3v) is 5.29. The molecule has 2 aromatic heterocycles. The Morgan fingerprint density at radius 2 is 1.92 bits per heavy atom. The van der Waals surface area contributed by atoms with Crippen molar-refractivity contribution in [2.24, 2.45) is 7.05 Å². The molecular weight excluding hydrogens is 302 g/mol. The van der Waals surface area contributed by atoms with Crippen LogP contribution in [0.25, 0.3) is 11.0 Å². The third-order valence-electron chi connectivity index (χ3n) is 5.29. The largest absolute Gasteiger partial charge is 0.353 e. The van der Waals surface area contributed by atoms with E-state index in [0.29, 0.717) is 6.04 Å². The summed E-state index contributed by atoms with van der Waals surface area (Å²) in [5.41, 5.74) is 0.951. The molecule has 7 nitrogen and oxygen atoms in total. The number of piperazine rings is 2. The van der Waals surface area contributed by atoms with Crippen molar-refractivity contribution in [1.82, 2.24) is 29.5 Å². The molecule has 2 fully saturated rings. The first-order chi connectivity index (χ1) is 11.7. The molecule has 0 radical (unpaired) electrons. The normalized spacial score (nSPS) is 23.0. The molecule has 4 rings (SSSR count). The number of hydrogen-bond donors (Lipinski definition) is 0. The summed E-state index contributed by atoms with van der Waals surface area (Å²) in [6.45, 7) is 8.86. The summed E-state index contributed by atoms with van der Waals surface area (Å²) in [7, 11) is 4.18. The first kappa shape index (κ1) is 15.8. The van der Waals surface area contributed by atoms with Crippen LogP contribution in [0.15, 0.2) is 6.20 Å². The lowest BCUT2D eigenvalue weighted by atomic mass is 10.1. The van der Waals surface area contributed by atoms with Gasteiger partial charge in [-0.3, -0.25) is 9.58 Å². The third kappa shape index (κ3) is 2.75. The Balaban J connectivity index is 1.67. The van der Waals surface area contributed by atoms with Crippen LogP contribution in [0.4, 0.5) is 5.82 Å². The van der Waals surface area contributed by atoms with Gasteiger partial charge >= 0.3 is 0 Å². The van der Waals surface area contributed by atoms with Gasteiger partial charge in [-0.25, -0.2) is 9.97 Å². The summed E-state index contributed by atoms with van der Waals surface area (Å²) < 4.78 is 1.87. The fourth-order valence-electron chi connectivity index (χ4n) is 3.93. The van der Waals surface area contributed by atoms with Gasteiger partial charge in [0.05, 0.1) is 11.6 Å². The molecule has 1 atom stereocenters. The van der Waals surface area contributed by atoms with E-state index in [1.54, 1.807) is 0 Å². The van der Waals surface area contributed by atoms with E-state index in [1.807, 2.05) is 17.9 Å². The van der Waals surface area contributed by atoms with E-state index in [1.165, 1.54) is 13.1 Å². The quantitative estimate of drug-likeness (QED) is 0.828. The van der Waals surface area contributed by atoms with Gasteiger partial charge in [0.15, 0.2) is 5.65 Å². The van der Waals surface area contributed by atoms with E-state index in [9.17, 15) is 0 Å². The maximum absolute atomic E-state index is 4.91. The van der Waals surface area contributed by atoms with Crippen molar-refractivity contribution in [2.75, 3.05) is 51.2 Å². The maximum atomic E-state index is 4.91. The maximum Gasteiger partial charge on any atom is 0.163 e. The summed E-state index contributed by atoms with van der Waals surface area (Å²) in [6.07, 6.45) is 3.89. The van der Waals surface area contributed by atoms with Gasteiger partial charge in [-0.05, 0) is 13.5 Å². The van der Waals surface area contributed by atoms with Gasteiger partial charge in [-0.1, -0.05) is 6.92 Å². The van der Waals surface area contributed by atoms with Crippen molar-refractivity contribution in [2.45, 2.75) is 25.8 Å². The fraction of sp³-hybridized carbons (Fsp3) is 0.706. The van der Waals surface area contributed by atoms with Gasteiger partial charge in [0.2, 0.25) is 0 Å². The molecule has 2 aliphatic rings. The molecule has 0 aromatic carbocycles. The van der Waals surface area contributed by atoms with Crippen LogP contribution < -0.4 is 4.90 Å². The lowest BCUT2D eigenvalue weighted by Gasteiger charge is -2.46. The van der Waals surface area contributed by atoms with E-state index in [2.05, 4.69) is 33.8 Å². The number of aromatic nitrogens is 4. The Morgan fingerprint density at radius 1 is 1.08 bits per heavy atom. The topological polar surface area (TPSA) is 53.3 Å². The Bertz CT molecular complexity index is 725. The SMILES string of the molecule is CCCc1nc(N2CCN3CCN(C)C[C@@H]3C2)c2cnn(C)c2n1. The number of nitrogens with zero attached hydrogens (tertiary/aromatic N) is 7. The summed E-state index contributed by atoms with van der Waals surface area (Å²) in [5.74, 6) is 2.01. The second-order valence-corrected chi connectivity index (χ2v) is 7.12. The van der Waals surface area contributed by atoms with Gasteiger partial charge in [0.1, 0.15) is 11.6 Å². The second-order valence-electron chi connectivity index (χ2n) is 7.12. The minimum atomic E-state index is 0.591. The van der Waals surface area contributed by atoms with Crippen LogP contribution in [-0.2, 0) is 13.5 Å². The molecule has 0 bridgehead atoms. The molecule has 24 heavy (non-hydrogen) atoms. The smallest absolute Gasteiger partial charge is 0.163 e. The number of anilines is 1. The Hall–Kier alpha value is -1.73. The monoisotopic (exact) mass is 329 g/mol. The lowest BCUT2D eigenvalue weighted by Crippen LogP contribution is -2.61. The van der Waals surface area contributed by atoms with E-state index in [-0.39, 0.29) is 0 Å². The molecule has 0 unspecified atom stereocenters. The van der Waals surface area contributed by atoms with Crippen LogP contribution in [-0.4, -0.2) is 81.9 Å². The van der Waals surface area contributed by atoms with Crippen molar-refractivity contribution >= 4 is 16.9 Å². The van der Waals surface area contributed by atoms with Gasteiger partial charge in [0, 0.05) is 58.8 Å². The molecule has 0 amide bonds. The number of aryl methyl sites for hydroxylation is 2. The van der Waals surface area contributed by atoms with Crippen LogP contribution in [0, 0.1) is 0 Å². The highest BCUT2D eigenvalue weighted by atomic mass is 15.4. The molecule has 7 heteroatoms. The van der Waals surface area contributed by atoms with Crippen LogP contribution in [0.5, 0.6) is 0 Å². The van der Waals surface area contributed by atoms with Crippen LogP contribution in [0.3, 0.4) is 0 Å². The average Bonchev–Trinajstić information content (AvgIpc) is 2.95. The van der Waals surface area contributed by atoms with Crippen molar-refractivity contribution < 1.29 is 0 Å². The van der Waals surface area contributed by atoms with Crippen LogP contribution >= 0.6 is 0 Å².